The van der Waals surface area contributed by atoms with E-state index >= 15 is 0 Å². The molecule has 1 aromatic rings. The van der Waals surface area contributed by atoms with Gasteiger partial charge >= 0.3 is 26.1 Å². The summed E-state index contributed by atoms with van der Waals surface area (Å²) in [5.41, 5.74) is -1.32. The second kappa shape index (κ2) is 14.1. The number of aryl methyl sites for hydroxylation is 1. The largest absolute Gasteiger partial charge is 0.413 e. The van der Waals surface area contributed by atoms with Crippen molar-refractivity contribution in [3.8, 4) is 0 Å². The van der Waals surface area contributed by atoms with Gasteiger partial charge in [-0.2, -0.15) is 0 Å². The fourth-order valence-electron chi connectivity index (χ4n) is 2.96. The van der Waals surface area contributed by atoms with Crippen LogP contribution in [0.4, 0.5) is 0 Å². The van der Waals surface area contributed by atoms with Crippen LogP contribution in [-0.4, -0.2) is 67.0 Å². The summed E-state index contributed by atoms with van der Waals surface area (Å²) in [4.78, 5) is 26.4. The fraction of sp³-hybridized carbons (Fsp3) is 0.733. The summed E-state index contributed by atoms with van der Waals surface area (Å²) in [6.07, 6.45) is -3.83. The minimum absolute atomic E-state index is 0.112. The summed E-state index contributed by atoms with van der Waals surface area (Å²) in [5.74, 6) is 0. The van der Waals surface area contributed by atoms with Crippen LogP contribution in [0.5, 0.6) is 0 Å². The average molecular weight is 649 g/mol. The van der Waals surface area contributed by atoms with E-state index in [-0.39, 0.29) is 25.2 Å². The van der Waals surface area contributed by atoms with Crippen LogP contribution >= 0.6 is 57.1 Å². The summed E-state index contributed by atoms with van der Waals surface area (Å²) < 4.78 is 78.5. The Labute approximate surface area is 226 Å². The van der Waals surface area contributed by atoms with Crippen molar-refractivity contribution in [2.24, 2.45) is 0 Å². The number of H-pyrrole nitrogens is 1. The maximum Gasteiger partial charge on any atom is 0.413 e. The number of aliphatic hydroxyl groups is 1. The van der Waals surface area contributed by atoms with Gasteiger partial charge in [-0.3, -0.25) is 27.9 Å². The number of hydrogen-bond acceptors (Lipinski definition) is 14. The Morgan fingerprint density at radius 1 is 1.05 bits per heavy atom. The minimum atomic E-state index is -4.54. The van der Waals surface area contributed by atoms with Crippen LogP contribution in [0.3, 0.4) is 0 Å². The van der Waals surface area contributed by atoms with E-state index in [1.807, 2.05) is 0 Å². The van der Waals surface area contributed by atoms with Crippen molar-refractivity contribution >= 4 is 57.1 Å². The minimum Gasteiger partial charge on any atom is -0.396 e. The zero-order valence-corrected chi connectivity index (χ0v) is 25.0. The molecule has 0 bridgehead atoms. The molecule has 1 aliphatic rings. The third kappa shape index (κ3) is 9.88. The lowest BCUT2D eigenvalue weighted by Crippen LogP contribution is -2.40. The topological polar surface area (TPSA) is 200 Å². The molecule has 22 heteroatoms. The monoisotopic (exact) mass is 648 g/mol. The molecule has 1 saturated heterocycles. The zero-order chi connectivity index (χ0) is 28.0. The Bertz CT molecular complexity index is 1180. The summed E-state index contributed by atoms with van der Waals surface area (Å²) in [7, 11) is 2.31. The number of nitrogens with one attached hydrogen (secondary N) is 1. The molecule has 1 fully saturated rings. The Morgan fingerprint density at radius 2 is 1.70 bits per heavy atom. The first-order chi connectivity index (χ1) is 17.1. The lowest BCUT2D eigenvalue weighted by atomic mass is 10.1. The van der Waals surface area contributed by atoms with Crippen molar-refractivity contribution in [3.05, 3.63) is 32.6 Å². The number of rotatable bonds is 15. The number of ether oxygens (including phenoxy) is 2. The summed E-state index contributed by atoms with van der Waals surface area (Å²) in [5, 5.41) is 8.77. The molecule has 0 aliphatic carbocycles. The van der Waals surface area contributed by atoms with E-state index in [1.54, 1.807) is 0 Å². The lowest BCUT2D eigenvalue weighted by Gasteiger charge is -2.25. The fourth-order valence-corrected chi connectivity index (χ4v) is 6.39. The quantitative estimate of drug-likeness (QED) is 0.0610. The smallest absolute Gasteiger partial charge is 0.396 e. The number of thiol groups is 3. The second-order valence-electron chi connectivity index (χ2n) is 7.26. The highest BCUT2D eigenvalue weighted by molar-refractivity contribution is 8.45. The molecule has 16 nitrogen and oxygen atoms in total. The van der Waals surface area contributed by atoms with Gasteiger partial charge in [0, 0.05) is 32.6 Å². The van der Waals surface area contributed by atoms with Gasteiger partial charge in [0.2, 0.25) is 0 Å². The second-order valence-corrected chi connectivity index (χ2v) is 15.9. The molecule has 2 heterocycles. The van der Waals surface area contributed by atoms with E-state index in [4.69, 9.17) is 28.2 Å². The normalized spacial score (nSPS) is 26.9. The van der Waals surface area contributed by atoms with Crippen LogP contribution in [0.25, 0.3) is 0 Å². The summed E-state index contributed by atoms with van der Waals surface area (Å²) in [6, 6.07) is 0. The first-order valence-corrected chi connectivity index (χ1v) is 18.2. The standard InChI is InChI=1S/C15H27N2O14P3S3/c1-9-7-17(15(20)16-13(9)19)14-12(24-2)11(10(28-14)8-27-32(21,35)25-3)29-34(23,37)31-30-33(22,36)26-6-4-5-18/h7,10-12,14,18H,4-6,8H2,1-3H3,(H,21,35)(H,22,36)(H,23,37)(H,16,19,20)/t10-,11?,12?,14-,32?,33?,34?/m1/s1. The maximum atomic E-state index is 12.9. The van der Waals surface area contributed by atoms with E-state index in [1.165, 1.54) is 20.2 Å². The van der Waals surface area contributed by atoms with Gasteiger partial charge < -0.3 is 19.1 Å². The molecule has 7 atom stereocenters. The van der Waals surface area contributed by atoms with Crippen molar-refractivity contribution in [3.63, 3.8) is 0 Å². The molecule has 5 unspecified atom stereocenters. The van der Waals surface area contributed by atoms with Crippen LogP contribution in [0, 0.1) is 6.92 Å². The van der Waals surface area contributed by atoms with Gasteiger partial charge in [0.25, 0.3) is 5.56 Å². The highest BCUT2D eigenvalue weighted by Gasteiger charge is 2.51. The summed E-state index contributed by atoms with van der Waals surface area (Å²) in [6.45, 7) is -12.1. The van der Waals surface area contributed by atoms with Gasteiger partial charge in [0.05, 0.1) is 13.2 Å². The number of methoxy groups -OCH3 is 1. The van der Waals surface area contributed by atoms with Crippen molar-refractivity contribution in [1.82, 2.24) is 9.55 Å². The predicted molar refractivity (Wildman–Crippen MR) is 138 cm³/mol. The molecule has 1 aromatic heterocycles. The van der Waals surface area contributed by atoms with Crippen molar-refractivity contribution in [2.75, 3.05) is 34.0 Å². The van der Waals surface area contributed by atoms with Crippen LogP contribution in [0.2, 0.25) is 0 Å². The van der Waals surface area contributed by atoms with Gasteiger partial charge in [-0.05, 0) is 13.3 Å². The van der Waals surface area contributed by atoms with Gasteiger partial charge in [-0.1, -0.05) is 36.7 Å². The first-order valence-electron chi connectivity index (χ1n) is 10.2. The Kier molecular flexibility index (Phi) is 12.7. The molecule has 2 rings (SSSR count). The molecule has 0 aromatic carbocycles. The number of aromatic amines is 1. The van der Waals surface area contributed by atoms with Crippen LogP contribution in [0.1, 0.15) is 18.2 Å². The third-order valence-electron chi connectivity index (χ3n) is 4.64. The van der Waals surface area contributed by atoms with Gasteiger partial charge in [-0.15, -0.1) is 9.35 Å². The lowest BCUT2D eigenvalue weighted by molar-refractivity contribution is -0.123. The third-order valence-corrected chi connectivity index (χ3v) is 9.11. The van der Waals surface area contributed by atoms with E-state index in [2.05, 4.69) is 55.6 Å². The molecule has 0 radical (unpaired) electrons. The highest BCUT2D eigenvalue weighted by atomic mass is 32.7. The number of hydrogen-bond donors (Lipinski definition) is 5. The van der Waals surface area contributed by atoms with Crippen molar-refractivity contribution in [1.29, 1.82) is 0 Å². The molecule has 0 saturated carbocycles. The van der Waals surface area contributed by atoms with Crippen LogP contribution < -0.4 is 11.2 Å². The van der Waals surface area contributed by atoms with Gasteiger partial charge in [-0.25, -0.2) is 18.5 Å². The van der Waals surface area contributed by atoms with Gasteiger partial charge in [0.15, 0.2) is 6.23 Å². The molecule has 214 valence electrons. The number of aromatic nitrogens is 2. The SMILES string of the molecule is COC1C(OP(=O)(S)OOP(=O)(S)OCCCO)[C@@H](COP(=O)(S)OC)O[C@H]1n1cc(C)c(=O)[nH]c1=O. The Balaban J connectivity index is 2.31. The van der Waals surface area contributed by atoms with Crippen molar-refractivity contribution < 1.29 is 55.7 Å². The van der Waals surface area contributed by atoms with Crippen LogP contribution in [-0.2, 0) is 50.6 Å². The molecule has 0 spiro atoms. The Morgan fingerprint density at radius 3 is 2.30 bits per heavy atom. The predicted octanol–water partition coefficient (Wildman–Crippen LogP) is 2.27. The molecule has 37 heavy (non-hydrogen) atoms. The molecular weight excluding hydrogens is 621 g/mol. The van der Waals surface area contributed by atoms with Crippen molar-refractivity contribution in [2.45, 2.75) is 37.9 Å². The maximum absolute atomic E-state index is 12.9. The zero-order valence-electron chi connectivity index (χ0n) is 19.6. The van der Waals surface area contributed by atoms with E-state index in [0.717, 1.165) is 11.7 Å². The molecule has 2 N–H and O–H groups in total. The van der Waals surface area contributed by atoms with E-state index in [9.17, 15) is 23.3 Å². The molecular formula is C15H27N2O14P3S3. The average Bonchev–Trinajstić information content (AvgIpc) is 3.15. The Hall–Kier alpha value is 0.0600. The molecule has 1 aliphatic heterocycles. The highest BCUT2D eigenvalue weighted by Crippen LogP contribution is 2.63. The van der Waals surface area contributed by atoms with Crippen LogP contribution in [0.15, 0.2) is 15.8 Å². The summed E-state index contributed by atoms with van der Waals surface area (Å²) >= 11 is 11.2. The van der Waals surface area contributed by atoms with Gasteiger partial charge in [0.1, 0.15) is 18.3 Å². The number of nitrogens with zero attached hydrogens (tertiary/aromatic N) is 1. The van der Waals surface area contributed by atoms with E-state index in [0.29, 0.717) is 0 Å². The first kappa shape index (κ1) is 33.3. The number of aliphatic hydroxyl groups excluding tert-OH is 1. The molecule has 0 amide bonds. The van der Waals surface area contributed by atoms with E-state index < -0.39 is 62.8 Å².